The third kappa shape index (κ3) is 4.00. The summed E-state index contributed by atoms with van der Waals surface area (Å²) >= 11 is 0. The van der Waals surface area contributed by atoms with Crippen LogP contribution in [0.2, 0.25) is 0 Å². The number of furan rings is 1. The van der Waals surface area contributed by atoms with Crippen molar-refractivity contribution in [3.8, 4) is 5.75 Å². The molecule has 5 heteroatoms. The van der Waals surface area contributed by atoms with E-state index in [2.05, 4.69) is 10.6 Å². The van der Waals surface area contributed by atoms with E-state index in [-0.39, 0.29) is 18.6 Å². The molecule has 2 aromatic carbocycles. The summed E-state index contributed by atoms with van der Waals surface area (Å²) in [5, 5.41) is 6.88. The predicted molar refractivity (Wildman–Crippen MR) is 97.8 cm³/mol. The number of fused-ring (bicyclic) bond motifs is 1. The average molecular weight is 338 g/mol. The highest BCUT2D eigenvalue weighted by Crippen LogP contribution is 2.27. The minimum Gasteiger partial charge on any atom is -0.489 e. The summed E-state index contributed by atoms with van der Waals surface area (Å²) in [6.45, 7) is 2.79. The maximum Gasteiger partial charge on any atom is 0.287 e. The first-order chi connectivity index (χ1) is 12.2. The van der Waals surface area contributed by atoms with Crippen molar-refractivity contribution >= 4 is 16.9 Å². The van der Waals surface area contributed by atoms with Gasteiger partial charge in [-0.3, -0.25) is 4.79 Å². The SMILES string of the molecule is CNC(C)CNC(=O)c1oc2ccccc2c1COc1ccccc1. The van der Waals surface area contributed by atoms with Gasteiger partial charge in [0.15, 0.2) is 5.76 Å². The van der Waals surface area contributed by atoms with Crippen molar-refractivity contribution in [2.75, 3.05) is 13.6 Å². The first kappa shape index (κ1) is 17.0. The lowest BCUT2D eigenvalue weighted by Crippen LogP contribution is -2.37. The van der Waals surface area contributed by atoms with Crippen LogP contribution in [0.4, 0.5) is 0 Å². The zero-order valence-electron chi connectivity index (χ0n) is 14.4. The molecule has 3 rings (SSSR count). The number of ether oxygens (including phenoxy) is 1. The highest BCUT2D eigenvalue weighted by molar-refractivity contribution is 5.99. The van der Waals surface area contributed by atoms with Crippen LogP contribution < -0.4 is 15.4 Å². The van der Waals surface area contributed by atoms with Crippen molar-refractivity contribution < 1.29 is 13.9 Å². The number of carbonyl (C=O) groups is 1. The van der Waals surface area contributed by atoms with E-state index in [0.29, 0.717) is 17.9 Å². The quantitative estimate of drug-likeness (QED) is 0.693. The van der Waals surface area contributed by atoms with Crippen molar-refractivity contribution in [2.45, 2.75) is 19.6 Å². The molecule has 1 unspecified atom stereocenters. The number of amides is 1. The smallest absolute Gasteiger partial charge is 0.287 e. The molecule has 0 aliphatic carbocycles. The Morgan fingerprint density at radius 2 is 1.84 bits per heavy atom. The first-order valence-corrected chi connectivity index (χ1v) is 8.32. The maximum absolute atomic E-state index is 12.6. The van der Waals surface area contributed by atoms with Gasteiger partial charge in [0.25, 0.3) is 5.91 Å². The largest absolute Gasteiger partial charge is 0.489 e. The third-order valence-electron chi connectivity index (χ3n) is 4.09. The van der Waals surface area contributed by atoms with E-state index < -0.39 is 0 Å². The number of hydrogen-bond acceptors (Lipinski definition) is 4. The Kier molecular flexibility index (Phi) is 5.36. The molecule has 1 amide bonds. The van der Waals surface area contributed by atoms with E-state index >= 15 is 0 Å². The summed E-state index contributed by atoms with van der Waals surface area (Å²) < 4.78 is 11.6. The summed E-state index contributed by atoms with van der Waals surface area (Å²) in [5.41, 5.74) is 1.44. The number of hydrogen-bond donors (Lipinski definition) is 2. The number of carbonyl (C=O) groups excluding carboxylic acids is 1. The van der Waals surface area contributed by atoms with Gasteiger partial charge in [-0.15, -0.1) is 0 Å². The topological polar surface area (TPSA) is 63.5 Å². The molecule has 0 saturated carbocycles. The van der Waals surface area contributed by atoms with Crippen LogP contribution in [-0.4, -0.2) is 25.5 Å². The molecular formula is C20H22N2O3. The summed E-state index contributed by atoms with van der Waals surface area (Å²) in [6.07, 6.45) is 0. The predicted octanol–water partition coefficient (Wildman–Crippen LogP) is 3.35. The van der Waals surface area contributed by atoms with Gasteiger partial charge in [0.05, 0.1) is 0 Å². The molecule has 3 aromatic rings. The molecule has 0 spiro atoms. The highest BCUT2D eigenvalue weighted by Gasteiger charge is 2.21. The molecule has 1 atom stereocenters. The van der Waals surface area contributed by atoms with Crippen LogP contribution in [-0.2, 0) is 6.61 Å². The maximum atomic E-state index is 12.6. The van der Waals surface area contributed by atoms with Gasteiger partial charge in [-0.25, -0.2) is 0 Å². The van der Waals surface area contributed by atoms with Crippen LogP contribution in [0.15, 0.2) is 59.0 Å². The first-order valence-electron chi connectivity index (χ1n) is 8.32. The van der Waals surface area contributed by atoms with Crippen molar-refractivity contribution in [3.05, 3.63) is 65.9 Å². The fraction of sp³-hybridized carbons (Fsp3) is 0.250. The normalized spacial score (nSPS) is 12.1. The molecule has 0 aliphatic heterocycles. The molecule has 1 aromatic heterocycles. The van der Waals surface area contributed by atoms with Crippen LogP contribution in [0.3, 0.4) is 0 Å². The molecule has 0 saturated heterocycles. The second-order valence-electron chi connectivity index (χ2n) is 5.91. The molecule has 0 aliphatic rings. The molecule has 5 nitrogen and oxygen atoms in total. The van der Waals surface area contributed by atoms with Crippen LogP contribution in [0, 0.1) is 0 Å². The van der Waals surface area contributed by atoms with E-state index in [0.717, 1.165) is 16.7 Å². The monoisotopic (exact) mass is 338 g/mol. The standard InChI is InChI=1S/C20H22N2O3/c1-14(21-2)12-22-20(23)19-17(13-24-15-8-4-3-5-9-15)16-10-6-7-11-18(16)25-19/h3-11,14,21H,12-13H2,1-2H3,(H,22,23). The Morgan fingerprint density at radius 3 is 2.60 bits per heavy atom. The minimum atomic E-state index is -0.232. The van der Waals surface area contributed by atoms with E-state index in [1.165, 1.54) is 0 Å². The zero-order valence-corrected chi connectivity index (χ0v) is 14.4. The molecule has 2 N–H and O–H groups in total. The Balaban J connectivity index is 1.85. The van der Waals surface area contributed by atoms with Gasteiger partial charge in [-0.1, -0.05) is 36.4 Å². The van der Waals surface area contributed by atoms with E-state index in [1.807, 2.05) is 68.6 Å². The lowest BCUT2D eigenvalue weighted by Gasteiger charge is -2.11. The molecule has 0 radical (unpaired) electrons. The number of likely N-dealkylation sites (N-methyl/N-ethyl adjacent to an activating group) is 1. The summed E-state index contributed by atoms with van der Waals surface area (Å²) in [6, 6.07) is 17.3. The van der Waals surface area contributed by atoms with E-state index in [9.17, 15) is 4.79 Å². The molecule has 0 fully saturated rings. The number of nitrogens with one attached hydrogen (secondary N) is 2. The average Bonchev–Trinajstić information content (AvgIpc) is 3.03. The Morgan fingerprint density at radius 1 is 1.12 bits per heavy atom. The number of benzene rings is 2. The van der Waals surface area contributed by atoms with Crippen molar-refractivity contribution in [1.82, 2.24) is 10.6 Å². The van der Waals surface area contributed by atoms with Crippen molar-refractivity contribution in [3.63, 3.8) is 0 Å². The molecule has 0 bridgehead atoms. The van der Waals surface area contributed by atoms with Gasteiger partial charge < -0.3 is 19.8 Å². The van der Waals surface area contributed by atoms with Gasteiger partial charge in [0, 0.05) is 23.5 Å². The second-order valence-corrected chi connectivity index (χ2v) is 5.91. The van der Waals surface area contributed by atoms with Crippen LogP contribution in [0.1, 0.15) is 23.0 Å². The second kappa shape index (κ2) is 7.85. The van der Waals surface area contributed by atoms with Gasteiger partial charge in [-0.05, 0) is 32.2 Å². The fourth-order valence-electron chi connectivity index (χ4n) is 2.53. The zero-order chi connectivity index (χ0) is 17.6. The van der Waals surface area contributed by atoms with Gasteiger partial charge >= 0.3 is 0 Å². The molecule has 1 heterocycles. The third-order valence-corrected chi connectivity index (χ3v) is 4.09. The number of rotatable bonds is 7. The Labute approximate surface area is 147 Å². The fourth-order valence-corrected chi connectivity index (χ4v) is 2.53. The van der Waals surface area contributed by atoms with Crippen LogP contribution in [0.25, 0.3) is 11.0 Å². The lowest BCUT2D eigenvalue weighted by molar-refractivity contribution is 0.0921. The molecule has 25 heavy (non-hydrogen) atoms. The van der Waals surface area contributed by atoms with Crippen LogP contribution >= 0.6 is 0 Å². The highest BCUT2D eigenvalue weighted by atomic mass is 16.5. The summed E-state index contributed by atoms with van der Waals surface area (Å²) in [4.78, 5) is 12.6. The minimum absolute atomic E-state index is 0.178. The summed E-state index contributed by atoms with van der Waals surface area (Å²) in [5.74, 6) is 0.827. The van der Waals surface area contributed by atoms with Gasteiger partial charge in [-0.2, -0.15) is 0 Å². The number of para-hydroxylation sites is 2. The molecular weight excluding hydrogens is 316 g/mol. The van der Waals surface area contributed by atoms with E-state index in [1.54, 1.807) is 0 Å². The summed E-state index contributed by atoms with van der Waals surface area (Å²) in [7, 11) is 1.86. The van der Waals surface area contributed by atoms with Crippen molar-refractivity contribution in [2.24, 2.45) is 0 Å². The van der Waals surface area contributed by atoms with Gasteiger partial charge in [0.2, 0.25) is 0 Å². The van der Waals surface area contributed by atoms with Crippen LogP contribution in [0.5, 0.6) is 5.75 Å². The Hall–Kier alpha value is -2.79. The Bertz CT molecular complexity index is 843. The van der Waals surface area contributed by atoms with Crippen molar-refractivity contribution in [1.29, 1.82) is 0 Å². The molecule has 130 valence electrons. The van der Waals surface area contributed by atoms with Gasteiger partial charge in [0.1, 0.15) is 17.9 Å². The van der Waals surface area contributed by atoms with E-state index in [4.69, 9.17) is 9.15 Å². The lowest BCUT2D eigenvalue weighted by atomic mass is 10.1.